The maximum atomic E-state index is 12.0. The molecule has 0 saturated carbocycles. The van der Waals surface area contributed by atoms with Gasteiger partial charge in [0, 0.05) is 0 Å². The largest absolute Gasteiger partial charge is 0.397 e. The first-order chi connectivity index (χ1) is 48.2. The molecule has 21 heterocycles. The molecular formula is C42H70O56S7. The summed E-state index contributed by atoms with van der Waals surface area (Å²) >= 11 is 0. The summed E-state index contributed by atoms with van der Waals surface area (Å²) in [4.78, 5) is 0. The van der Waals surface area contributed by atoms with Gasteiger partial charge in [-0.25, -0.2) is 29.3 Å². The molecule has 21 aliphatic heterocycles. The van der Waals surface area contributed by atoms with E-state index in [0.717, 1.165) is 0 Å². The average Bonchev–Trinajstić information content (AvgIpc) is 0.784. The molecule has 21 N–H and O–H groups in total. The zero-order valence-corrected chi connectivity index (χ0v) is 57.4. The lowest BCUT2D eigenvalue weighted by atomic mass is 9.95. The van der Waals surface area contributed by atoms with Crippen molar-refractivity contribution in [3.63, 3.8) is 0 Å². The molecule has 14 bridgehead atoms. The summed E-state index contributed by atoms with van der Waals surface area (Å²) in [7, 11) is -39.7. The molecule has 21 saturated heterocycles. The molecule has 21 fully saturated rings. The van der Waals surface area contributed by atoms with Crippen LogP contribution in [0.1, 0.15) is 0 Å². The van der Waals surface area contributed by atoms with E-state index in [1.54, 1.807) is 0 Å². The molecule has 616 valence electrons. The van der Waals surface area contributed by atoms with E-state index in [0.29, 0.717) is 0 Å². The fourth-order valence-electron chi connectivity index (χ4n) is 11.4. The number of rotatable bonds is 21. The van der Waals surface area contributed by atoms with Crippen LogP contribution < -0.4 is 0 Å². The minimum Gasteiger partial charge on any atom is -0.387 e. The van der Waals surface area contributed by atoms with E-state index in [1.807, 2.05) is 0 Å². The van der Waals surface area contributed by atoms with E-state index in [2.05, 4.69) is 29.3 Å². The van der Waals surface area contributed by atoms with Crippen LogP contribution in [0.5, 0.6) is 0 Å². The Morgan fingerprint density at radius 3 is 0.352 bits per heavy atom. The molecule has 21 rings (SSSR count). The van der Waals surface area contributed by atoms with Crippen LogP contribution in [0.3, 0.4) is 0 Å². The summed E-state index contributed by atoms with van der Waals surface area (Å²) in [5, 5.41) is 163. The van der Waals surface area contributed by atoms with Gasteiger partial charge in [0.05, 0.1) is 46.2 Å². The van der Waals surface area contributed by atoms with E-state index in [-0.39, 0.29) is 0 Å². The predicted octanol–water partition coefficient (Wildman–Crippen LogP) is -16.4. The summed E-state index contributed by atoms with van der Waals surface area (Å²) in [5.74, 6) is 0. The van der Waals surface area contributed by atoms with Gasteiger partial charge in [-0.3, -0.25) is 31.9 Å². The molecule has 0 radical (unpaired) electrons. The first-order valence-electron chi connectivity index (χ1n) is 29.2. The summed E-state index contributed by atoms with van der Waals surface area (Å²) in [5.41, 5.74) is 0. The minimum atomic E-state index is -5.67. The average molecular weight is 1700 g/mol. The molecule has 105 heavy (non-hydrogen) atoms. The predicted molar refractivity (Wildman–Crippen MR) is 301 cm³/mol. The van der Waals surface area contributed by atoms with Crippen molar-refractivity contribution in [2.75, 3.05) is 46.2 Å². The molecular weight excluding hydrogens is 1620 g/mol. The Labute approximate surface area is 589 Å². The normalized spacial score (nSPS) is 44.9. The smallest absolute Gasteiger partial charge is 0.387 e. The fourth-order valence-corrected chi connectivity index (χ4v) is 13.5. The minimum absolute atomic E-state index is 1.65. The van der Waals surface area contributed by atoms with Gasteiger partial charge in [0.2, 0.25) is 0 Å². The lowest BCUT2D eigenvalue weighted by Crippen LogP contribution is -2.68. The van der Waals surface area contributed by atoms with E-state index < -0.39 is 334 Å². The molecule has 0 aromatic rings. The Balaban J connectivity index is 1.23. The summed E-state index contributed by atoms with van der Waals surface area (Å²) in [6, 6.07) is 0. The highest BCUT2D eigenvalue weighted by atomic mass is 32.3. The van der Waals surface area contributed by atoms with Crippen LogP contribution in [0.2, 0.25) is 0 Å². The standard InChI is InChI=1S/C42H70O56S7/c43-15-22(50)36-85-8(1-78-99(57,58)59)29(15)92-37-23(51)16(44)31(10(86-37)3-80-101(63,64)65)94-39-25(53)18(46)33(12(88-39)5-82-103(69,70)71)96-41-27(55)20(48)35(14(90-41)7-84-105(75,76)77)98-42-28(56)21(49)34(13(91-42)6-83-104(72,73)74)97-40-26(54)19(47)32(11(89-40)4-81-102(66,67)68)95-38-24(52)17(45)30(93-36)9(87-38)2-79-100(60,61)62/h8-56H,1-7H2,(H,57,58,59)(H,60,61,62)(H,63,64,65)(H,66,67,68)(H,69,70,71)(H,72,73,74)(H,75,76,77)/t8-,9-,10-,11-,12-,13-,14-,15-,16?,17?,18?,19?,20-,21?,22-,23-,24-,25-,26-,27-,28-,29-,30-,31-,32-,33-,34-,35-,36-,37-,38-,39-,40-,41-,42-/m1/s1. The van der Waals surface area contributed by atoms with Crippen molar-refractivity contribution in [2.24, 2.45) is 0 Å². The van der Waals surface area contributed by atoms with E-state index in [9.17, 15) is 162 Å². The van der Waals surface area contributed by atoms with Crippen molar-refractivity contribution < 1.29 is 258 Å². The lowest BCUT2D eigenvalue weighted by Gasteiger charge is -2.50. The molecule has 5 unspecified atom stereocenters. The SMILES string of the molecule is O=S(=O)(O)OC[C@H]1O[C@@H]2O[C@H]3C(O)[C@@H](O)[C@H](O[C@@H]3COS(=O)(=O)O)O[C@H]3C(O)[C@@H](O)[C@H](O[C@@H]3COS(=O)(=O)O)O[C@H]3C(O)[C@@H](O)[C@@H](O[C@H]4[C@H](O)[C@@H](O)[C@H](O[C@@H]4COS(=O)(=O)O)O[C@H]4C(O)[C@@H](O)[C@H](O[C@@H]4COS(=O)(=O)O)O[C@H]4C(O)[C@@H](O)[C@@H](O[C@H]1[C@H](O)[C@H]2O)O[C@@H]4COS(=O)(=O)O)O[C@@H]3COS(=O)(=O)O. The quantitative estimate of drug-likeness (QED) is 0.0475. The Morgan fingerprint density at radius 2 is 0.267 bits per heavy atom. The van der Waals surface area contributed by atoms with Gasteiger partial charge in [-0.1, -0.05) is 0 Å². The molecule has 0 aromatic heterocycles. The van der Waals surface area contributed by atoms with Crippen LogP contribution in [-0.2, 0) is 168 Å². The van der Waals surface area contributed by atoms with Crippen LogP contribution in [0.25, 0.3) is 0 Å². The first kappa shape index (κ1) is 88.5. The second-order valence-corrected chi connectivity index (χ2v) is 31.0. The molecule has 63 heteroatoms. The van der Waals surface area contributed by atoms with Crippen LogP contribution in [0, 0.1) is 0 Å². The van der Waals surface area contributed by atoms with Gasteiger partial charge in [0.25, 0.3) is 0 Å². The topological polar surface area (TPSA) is 858 Å². The van der Waals surface area contributed by atoms with Crippen molar-refractivity contribution in [1.29, 1.82) is 0 Å². The van der Waals surface area contributed by atoms with Crippen molar-refractivity contribution in [3.05, 3.63) is 0 Å². The number of hydrogen-bond donors (Lipinski definition) is 21. The first-order valence-corrected chi connectivity index (χ1v) is 38.8. The van der Waals surface area contributed by atoms with Gasteiger partial charge in [-0.05, 0) is 0 Å². The summed E-state index contributed by atoms with van der Waals surface area (Å²) in [6.45, 7) is -11.6. The highest BCUT2D eigenvalue weighted by Crippen LogP contribution is 2.40. The van der Waals surface area contributed by atoms with Gasteiger partial charge in [0.1, 0.15) is 171 Å². The monoisotopic (exact) mass is 1690 g/mol. The molecule has 21 aliphatic rings. The third-order valence-electron chi connectivity index (χ3n) is 16.2. The number of hydrogen-bond acceptors (Lipinski definition) is 49. The van der Waals surface area contributed by atoms with E-state index in [4.69, 9.17) is 66.3 Å². The van der Waals surface area contributed by atoms with Gasteiger partial charge in [0.15, 0.2) is 44.0 Å². The molecule has 56 nitrogen and oxygen atoms in total. The van der Waals surface area contributed by atoms with Crippen LogP contribution in [-0.4, -0.2) is 423 Å². The second-order valence-electron chi connectivity index (χ2n) is 23.4. The van der Waals surface area contributed by atoms with Crippen LogP contribution in [0.15, 0.2) is 0 Å². The Kier molecular flexibility index (Phi) is 29.3. The van der Waals surface area contributed by atoms with Crippen molar-refractivity contribution in [2.45, 2.75) is 215 Å². The van der Waals surface area contributed by atoms with Crippen LogP contribution >= 0.6 is 0 Å². The van der Waals surface area contributed by atoms with Gasteiger partial charge < -0.3 is 138 Å². The fraction of sp³-hybridized carbons (Fsp3) is 1.00. The zero-order chi connectivity index (χ0) is 78.5. The number of ether oxygens (including phenoxy) is 14. The van der Waals surface area contributed by atoms with E-state index >= 15 is 0 Å². The summed E-state index contributed by atoms with van der Waals surface area (Å²) in [6.07, 6.45) is -93.1. The third-order valence-corrected chi connectivity index (χ3v) is 19.2. The maximum Gasteiger partial charge on any atom is 0.397 e. The lowest BCUT2D eigenvalue weighted by molar-refractivity contribution is -0.395. The zero-order valence-electron chi connectivity index (χ0n) is 51.7. The highest BCUT2D eigenvalue weighted by Gasteiger charge is 2.61. The Morgan fingerprint density at radius 1 is 0.171 bits per heavy atom. The van der Waals surface area contributed by atoms with Crippen LogP contribution in [0.4, 0.5) is 0 Å². The molecule has 0 amide bonds. The Bertz CT molecular complexity index is 3040. The maximum absolute atomic E-state index is 12.0. The molecule has 35 atom stereocenters. The van der Waals surface area contributed by atoms with Crippen molar-refractivity contribution in [3.8, 4) is 0 Å². The number of aliphatic hydroxyl groups excluding tert-OH is 14. The van der Waals surface area contributed by atoms with Gasteiger partial charge in [-0.2, -0.15) is 58.9 Å². The molecule has 0 spiro atoms. The van der Waals surface area contributed by atoms with Crippen molar-refractivity contribution in [1.82, 2.24) is 0 Å². The second kappa shape index (κ2) is 34.7. The third kappa shape index (κ3) is 23.6. The molecule has 0 aromatic carbocycles. The summed E-state index contributed by atoms with van der Waals surface area (Å²) < 4.78 is 343. The Hall–Kier alpha value is -2.03. The van der Waals surface area contributed by atoms with Crippen molar-refractivity contribution >= 4 is 72.8 Å². The van der Waals surface area contributed by atoms with E-state index in [1.165, 1.54) is 0 Å². The van der Waals surface area contributed by atoms with Gasteiger partial charge >= 0.3 is 72.8 Å². The highest BCUT2D eigenvalue weighted by molar-refractivity contribution is 7.82. The van der Waals surface area contributed by atoms with Gasteiger partial charge in [-0.15, -0.1) is 0 Å². The molecule has 0 aliphatic carbocycles. The number of aliphatic hydroxyl groups is 14.